The first kappa shape index (κ1) is 16.5. The molecule has 1 rings (SSSR count). The minimum Gasteiger partial charge on any atom is -0.376 e. The van der Waals surface area contributed by atoms with Crippen LogP contribution in [0, 0.1) is 3.57 Å². The predicted octanol–water partition coefficient (Wildman–Crippen LogP) is 4.03. The Morgan fingerprint density at radius 1 is 1.37 bits per heavy atom. The Balaban J connectivity index is 3.22. The van der Waals surface area contributed by atoms with E-state index in [1.165, 1.54) is 12.1 Å². The molecule has 0 bridgehead atoms. The average molecular weight is 408 g/mol. The maximum Gasteiger partial charge on any atom is 0.534 e. The zero-order valence-corrected chi connectivity index (χ0v) is 13.1. The van der Waals surface area contributed by atoms with Crippen LogP contribution in [0.5, 0.6) is 5.75 Å². The van der Waals surface area contributed by atoms with E-state index >= 15 is 0 Å². The largest absolute Gasteiger partial charge is 0.534 e. The van der Waals surface area contributed by atoms with Crippen LogP contribution in [0.2, 0.25) is 0 Å². The van der Waals surface area contributed by atoms with E-state index in [1.807, 2.05) is 29.5 Å². The standard InChI is InChI=1S/C11H12F3IO3S/c1-3-7(2)9-6-8(15)4-5-10(9)18-19(16,17)11(12,13)14/h4-7H,3H2,1-2H3. The van der Waals surface area contributed by atoms with E-state index in [2.05, 4.69) is 4.18 Å². The van der Waals surface area contributed by atoms with Gasteiger partial charge in [-0.1, -0.05) is 13.8 Å². The van der Waals surface area contributed by atoms with Crippen molar-refractivity contribution >= 4 is 32.7 Å². The fraction of sp³-hybridized carbons (Fsp3) is 0.455. The van der Waals surface area contributed by atoms with Gasteiger partial charge in [0.25, 0.3) is 0 Å². The Labute approximate surface area is 123 Å². The van der Waals surface area contributed by atoms with Gasteiger partial charge in [0.2, 0.25) is 0 Å². The van der Waals surface area contributed by atoms with E-state index in [0.29, 0.717) is 12.0 Å². The highest BCUT2D eigenvalue weighted by atomic mass is 127. The fourth-order valence-electron chi connectivity index (χ4n) is 1.37. The van der Waals surface area contributed by atoms with E-state index in [4.69, 9.17) is 0 Å². The van der Waals surface area contributed by atoms with Gasteiger partial charge in [-0.05, 0) is 58.7 Å². The molecule has 1 unspecified atom stereocenters. The van der Waals surface area contributed by atoms with Gasteiger partial charge in [-0.3, -0.25) is 0 Å². The molecule has 0 fully saturated rings. The molecule has 0 aliphatic carbocycles. The molecule has 1 atom stereocenters. The van der Waals surface area contributed by atoms with Crippen molar-refractivity contribution in [3.05, 3.63) is 27.3 Å². The number of hydrogen-bond acceptors (Lipinski definition) is 3. The molecule has 0 radical (unpaired) electrons. The Morgan fingerprint density at radius 2 is 1.95 bits per heavy atom. The van der Waals surface area contributed by atoms with Gasteiger partial charge in [0.15, 0.2) is 0 Å². The van der Waals surface area contributed by atoms with E-state index in [-0.39, 0.29) is 11.7 Å². The summed E-state index contributed by atoms with van der Waals surface area (Å²) in [6.45, 7) is 3.64. The van der Waals surface area contributed by atoms with Crippen molar-refractivity contribution in [2.45, 2.75) is 31.7 Å². The average Bonchev–Trinajstić information content (AvgIpc) is 2.28. The number of hydrogen-bond donors (Lipinski definition) is 0. The molecule has 0 N–H and O–H groups in total. The molecule has 0 heterocycles. The summed E-state index contributed by atoms with van der Waals surface area (Å²) in [5.74, 6) is -0.375. The summed E-state index contributed by atoms with van der Waals surface area (Å²) in [7, 11) is -5.63. The molecule has 0 aromatic heterocycles. The summed E-state index contributed by atoms with van der Waals surface area (Å²) < 4.78 is 64.0. The van der Waals surface area contributed by atoms with Crippen LogP contribution in [-0.4, -0.2) is 13.9 Å². The molecule has 0 spiro atoms. The molecule has 0 aliphatic heterocycles. The maximum absolute atomic E-state index is 12.3. The topological polar surface area (TPSA) is 43.4 Å². The number of alkyl halides is 3. The van der Waals surface area contributed by atoms with Gasteiger partial charge in [0.1, 0.15) is 5.75 Å². The van der Waals surface area contributed by atoms with Crippen molar-refractivity contribution in [2.75, 3.05) is 0 Å². The first-order valence-electron chi connectivity index (χ1n) is 5.38. The highest BCUT2D eigenvalue weighted by Crippen LogP contribution is 2.34. The highest BCUT2D eigenvalue weighted by Gasteiger charge is 2.48. The lowest BCUT2D eigenvalue weighted by Gasteiger charge is -2.16. The minimum absolute atomic E-state index is 0.104. The highest BCUT2D eigenvalue weighted by molar-refractivity contribution is 14.1. The molecule has 3 nitrogen and oxygen atoms in total. The molecular formula is C11H12F3IO3S. The Kier molecular flexibility index (Phi) is 5.10. The zero-order chi connectivity index (χ0) is 14.8. The van der Waals surface area contributed by atoms with Gasteiger partial charge < -0.3 is 4.18 Å². The first-order chi connectivity index (χ1) is 8.58. The molecule has 19 heavy (non-hydrogen) atoms. The summed E-state index contributed by atoms with van der Waals surface area (Å²) in [6, 6.07) is 4.36. The van der Waals surface area contributed by atoms with Crippen LogP contribution in [0.25, 0.3) is 0 Å². The van der Waals surface area contributed by atoms with Crippen molar-refractivity contribution in [2.24, 2.45) is 0 Å². The normalized spacial score (nSPS) is 14.2. The molecule has 0 amide bonds. The Bertz CT molecular complexity index is 555. The quantitative estimate of drug-likeness (QED) is 0.429. The third-order valence-electron chi connectivity index (χ3n) is 2.60. The van der Waals surface area contributed by atoms with Gasteiger partial charge in [-0.2, -0.15) is 21.6 Å². The van der Waals surface area contributed by atoms with Crippen molar-refractivity contribution in [1.29, 1.82) is 0 Å². The van der Waals surface area contributed by atoms with Gasteiger partial charge in [0, 0.05) is 3.57 Å². The second-order valence-electron chi connectivity index (χ2n) is 3.97. The van der Waals surface area contributed by atoms with Gasteiger partial charge in [-0.25, -0.2) is 0 Å². The molecule has 1 aromatic carbocycles. The molecule has 0 aliphatic rings. The lowest BCUT2D eigenvalue weighted by molar-refractivity contribution is -0.0500. The Morgan fingerprint density at radius 3 is 2.42 bits per heavy atom. The van der Waals surface area contributed by atoms with E-state index in [0.717, 1.165) is 3.57 Å². The fourth-order valence-corrected chi connectivity index (χ4v) is 2.36. The summed E-state index contributed by atoms with van der Waals surface area (Å²) in [6.07, 6.45) is 0.655. The molecule has 8 heteroatoms. The van der Waals surface area contributed by atoms with Gasteiger partial charge in [0.05, 0.1) is 0 Å². The Hall–Kier alpha value is -0.510. The van der Waals surface area contributed by atoms with E-state index in [9.17, 15) is 21.6 Å². The predicted molar refractivity (Wildman–Crippen MR) is 73.5 cm³/mol. The van der Waals surface area contributed by atoms with Gasteiger partial charge >= 0.3 is 15.6 Å². The third kappa shape index (κ3) is 3.98. The molecule has 0 saturated carbocycles. The SMILES string of the molecule is CCC(C)c1cc(I)ccc1OS(=O)(=O)C(F)(F)F. The van der Waals surface area contributed by atoms with E-state index in [1.54, 1.807) is 13.0 Å². The van der Waals surface area contributed by atoms with Crippen molar-refractivity contribution in [1.82, 2.24) is 0 Å². The lowest BCUT2D eigenvalue weighted by atomic mass is 9.98. The molecule has 0 saturated heterocycles. The van der Waals surface area contributed by atoms with Crippen LogP contribution in [-0.2, 0) is 10.1 Å². The van der Waals surface area contributed by atoms with Crippen LogP contribution in [0.15, 0.2) is 18.2 Å². The lowest BCUT2D eigenvalue weighted by Crippen LogP contribution is -2.28. The summed E-state index contributed by atoms with van der Waals surface area (Å²) >= 11 is 2.00. The van der Waals surface area contributed by atoms with Crippen molar-refractivity contribution in [3.8, 4) is 5.75 Å². The number of halogens is 4. The summed E-state index contributed by atoms with van der Waals surface area (Å²) in [5.41, 5.74) is -4.98. The van der Waals surface area contributed by atoms with Crippen LogP contribution in [0.4, 0.5) is 13.2 Å². The van der Waals surface area contributed by atoms with Crippen molar-refractivity contribution in [3.63, 3.8) is 0 Å². The molecular weight excluding hydrogens is 396 g/mol. The van der Waals surface area contributed by atoms with Crippen LogP contribution < -0.4 is 4.18 Å². The second-order valence-corrected chi connectivity index (χ2v) is 6.76. The maximum atomic E-state index is 12.3. The van der Waals surface area contributed by atoms with Crippen LogP contribution >= 0.6 is 22.6 Å². The zero-order valence-electron chi connectivity index (χ0n) is 10.2. The summed E-state index contributed by atoms with van der Waals surface area (Å²) in [4.78, 5) is 0. The van der Waals surface area contributed by atoms with Crippen LogP contribution in [0.1, 0.15) is 31.7 Å². The second kappa shape index (κ2) is 5.86. The molecule has 108 valence electrons. The summed E-state index contributed by atoms with van der Waals surface area (Å²) in [5, 5.41) is 0. The number of rotatable bonds is 4. The number of benzene rings is 1. The monoisotopic (exact) mass is 408 g/mol. The van der Waals surface area contributed by atoms with E-state index < -0.39 is 15.6 Å². The smallest absolute Gasteiger partial charge is 0.376 e. The van der Waals surface area contributed by atoms with Crippen LogP contribution in [0.3, 0.4) is 0 Å². The van der Waals surface area contributed by atoms with Crippen molar-refractivity contribution < 1.29 is 25.8 Å². The van der Waals surface area contributed by atoms with Gasteiger partial charge in [-0.15, -0.1) is 0 Å². The third-order valence-corrected chi connectivity index (χ3v) is 4.23. The molecule has 1 aromatic rings. The first-order valence-corrected chi connectivity index (χ1v) is 7.87. The minimum atomic E-state index is -5.63.